The number of nitrogens with one attached hydrogen (secondary N) is 2. The molecular formula is C31H28ClF2N7O3. The number of carbonyl (C=O) groups excluding carboxylic acids is 2. The number of ether oxygens (including phenoxy) is 1. The van der Waals surface area contributed by atoms with Crippen LogP contribution in [-0.2, 0) is 9.59 Å². The largest absolute Gasteiger partial charge is 0.490 e. The number of nitrogens with zero attached hydrogens (tertiary/aromatic N) is 5. The number of aromatic nitrogens is 2. The Labute approximate surface area is 257 Å². The van der Waals surface area contributed by atoms with Crippen LogP contribution >= 0.6 is 11.6 Å². The topological polar surface area (TPSA) is 135 Å². The van der Waals surface area contributed by atoms with E-state index in [1.165, 1.54) is 22.1 Å². The molecular weight excluding hydrogens is 592 g/mol. The van der Waals surface area contributed by atoms with E-state index in [0.29, 0.717) is 17.0 Å². The number of halogens is 3. The number of hydrogen-bond acceptors (Lipinski definition) is 7. The summed E-state index contributed by atoms with van der Waals surface area (Å²) in [6.07, 6.45) is 2.57. The number of amides is 2. The number of alkyl halides is 2. The summed E-state index contributed by atoms with van der Waals surface area (Å²) in [4.78, 5) is 38.4. The van der Waals surface area contributed by atoms with E-state index < -0.39 is 42.8 Å². The highest BCUT2D eigenvalue weighted by Gasteiger charge is 2.48. The minimum Gasteiger partial charge on any atom is -0.490 e. The van der Waals surface area contributed by atoms with Gasteiger partial charge in [-0.05, 0) is 43.5 Å². The minimum absolute atomic E-state index is 0.0393. The van der Waals surface area contributed by atoms with Crippen LogP contribution in [0.1, 0.15) is 55.8 Å². The number of carbonyl (C=O) groups is 2. The van der Waals surface area contributed by atoms with Gasteiger partial charge in [-0.25, -0.2) is 18.7 Å². The lowest BCUT2D eigenvalue weighted by atomic mass is 9.87. The second-order valence-corrected chi connectivity index (χ2v) is 11.5. The maximum Gasteiger partial charge on any atom is 0.252 e. The highest BCUT2D eigenvalue weighted by molar-refractivity contribution is 6.31. The van der Waals surface area contributed by atoms with E-state index in [1.807, 2.05) is 6.07 Å². The van der Waals surface area contributed by atoms with Crippen LogP contribution in [0.5, 0.6) is 5.75 Å². The third-order valence-corrected chi connectivity index (χ3v) is 8.17. The Balaban J connectivity index is 1.44. The van der Waals surface area contributed by atoms with Crippen LogP contribution in [0, 0.1) is 16.7 Å². The number of anilines is 2. The SMILES string of the molecule is N#Cc1ccnc(N2C(=O)CC[C@H]2C(=N)N(c2cccc(OC3CC3)c2)C(C(=O)NC2CC(F)(F)C2)c2ccccc2Cl)n1. The molecule has 3 aliphatic rings. The fourth-order valence-corrected chi connectivity index (χ4v) is 5.77. The molecule has 2 aliphatic carbocycles. The first-order chi connectivity index (χ1) is 21.1. The van der Waals surface area contributed by atoms with Crippen molar-refractivity contribution in [2.45, 2.75) is 68.7 Å². The fraction of sp³-hybridized carbons (Fsp3) is 0.355. The number of rotatable bonds is 9. The number of nitriles is 1. The molecule has 1 unspecified atom stereocenters. The number of hydrogen-bond donors (Lipinski definition) is 2. The van der Waals surface area contributed by atoms with Gasteiger partial charge in [0.2, 0.25) is 17.8 Å². The number of benzene rings is 2. The normalized spacial score (nSPS) is 19.9. The van der Waals surface area contributed by atoms with Crippen molar-refractivity contribution in [3.8, 4) is 11.8 Å². The van der Waals surface area contributed by atoms with E-state index in [0.717, 1.165) is 12.8 Å². The fourth-order valence-electron chi connectivity index (χ4n) is 5.53. The lowest BCUT2D eigenvalue weighted by molar-refractivity contribution is -0.130. The summed E-state index contributed by atoms with van der Waals surface area (Å²) < 4.78 is 33.5. The Kier molecular flexibility index (Phi) is 7.90. The van der Waals surface area contributed by atoms with Crippen LogP contribution in [0.3, 0.4) is 0 Å². The van der Waals surface area contributed by atoms with Gasteiger partial charge in [-0.15, -0.1) is 0 Å². The molecule has 10 nitrogen and oxygen atoms in total. The zero-order valence-corrected chi connectivity index (χ0v) is 24.2. The van der Waals surface area contributed by atoms with Crippen molar-refractivity contribution in [1.29, 1.82) is 10.7 Å². The molecule has 3 aromatic rings. The zero-order valence-electron chi connectivity index (χ0n) is 23.4. The first kappa shape index (κ1) is 29.4. The minimum atomic E-state index is -2.86. The Bertz CT molecular complexity index is 1650. The molecule has 226 valence electrons. The molecule has 1 aliphatic heterocycles. The van der Waals surface area contributed by atoms with Gasteiger partial charge in [0.1, 0.15) is 29.4 Å². The average molecular weight is 620 g/mol. The van der Waals surface area contributed by atoms with Gasteiger partial charge < -0.3 is 15.0 Å². The molecule has 2 atom stereocenters. The van der Waals surface area contributed by atoms with Gasteiger partial charge in [0.05, 0.1) is 12.1 Å². The smallest absolute Gasteiger partial charge is 0.252 e. The van der Waals surface area contributed by atoms with Crippen LogP contribution in [0.25, 0.3) is 0 Å². The second-order valence-electron chi connectivity index (χ2n) is 11.1. The highest BCUT2D eigenvalue weighted by atomic mass is 35.5. The molecule has 2 aromatic carbocycles. The maximum absolute atomic E-state index is 14.1. The zero-order chi connectivity index (χ0) is 31.0. The molecule has 13 heteroatoms. The van der Waals surface area contributed by atoms with Crippen LogP contribution in [-0.4, -0.2) is 51.7 Å². The van der Waals surface area contributed by atoms with Crippen molar-refractivity contribution in [1.82, 2.24) is 15.3 Å². The first-order valence-electron chi connectivity index (χ1n) is 14.3. The maximum atomic E-state index is 14.1. The van der Waals surface area contributed by atoms with Crippen molar-refractivity contribution < 1.29 is 23.1 Å². The van der Waals surface area contributed by atoms with Crippen molar-refractivity contribution in [2.24, 2.45) is 0 Å². The van der Waals surface area contributed by atoms with E-state index in [2.05, 4.69) is 15.3 Å². The molecule has 0 bridgehead atoms. The van der Waals surface area contributed by atoms with Crippen LogP contribution in [0.2, 0.25) is 5.02 Å². The van der Waals surface area contributed by atoms with Crippen molar-refractivity contribution in [3.05, 3.63) is 77.1 Å². The molecule has 6 rings (SSSR count). The van der Waals surface area contributed by atoms with E-state index in [1.54, 1.807) is 48.5 Å². The third-order valence-electron chi connectivity index (χ3n) is 7.83. The van der Waals surface area contributed by atoms with Crippen LogP contribution in [0.15, 0.2) is 60.8 Å². The predicted octanol–water partition coefficient (Wildman–Crippen LogP) is 5.18. The summed E-state index contributed by atoms with van der Waals surface area (Å²) in [5, 5.41) is 21.9. The lowest BCUT2D eigenvalue weighted by Gasteiger charge is -2.40. The van der Waals surface area contributed by atoms with E-state index in [9.17, 15) is 29.0 Å². The van der Waals surface area contributed by atoms with E-state index >= 15 is 0 Å². The molecule has 1 aromatic heterocycles. The number of amidine groups is 1. The molecule has 2 N–H and O–H groups in total. The summed E-state index contributed by atoms with van der Waals surface area (Å²) in [6, 6.07) is 14.0. The highest BCUT2D eigenvalue weighted by Crippen LogP contribution is 2.40. The van der Waals surface area contributed by atoms with Gasteiger partial charge in [-0.2, -0.15) is 5.26 Å². The van der Waals surface area contributed by atoms with Crippen molar-refractivity contribution in [3.63, 3.8) is 0 Å². The molecule has 2 amide bonds. The van der Waals surface area contributed by atoms with Gasteiger partial charge in [0.25, 0.3) is 5.92 Å². The Hall–Kier alpha value is -4.63. The average Bonchev–Trinajstić information content (AvgIpc) is 3.72. The third kappa shape index (κ3) is 6.05. The second kappa shape index (κ2) is 11.8. The van der Waals surface area contributed by atoms with Gasteiger partial charge in [-0.3, -0.25) is 19.9 Å². The van der Waals surface area contributed by atoms with Gasteiger partial charge >= 0.3 is 0 Å². The van der Waals surface area contributed by atoms with Crippen molar-refractivity contribution in [2.75, 3.05) is 9.80 Å². The Morgan fingerprint density at radius 1 is 1.18 bits per heavy atom. The van der Waals surface area contributed by atoms with Gasteiger partial charge in [0, 0.05) is 53.8 Å². The molecule has 3 fully saturated rings. The summed E-state index contributed by atoms with van der Waals surface area (Å²) in [7, 11) is 0. The Morgan fingerprint density at radius 2 is 1.95 bits per heavy atom. The molecule has 2 saturated carbocycles. The van der Waals surface area contributed by atoms with E-state index in [-0.39, 0.29) is 47.4 Å². The van der Waals surface area contributed by atoms with Crippen LogP contribution in [0.4, 0.5) is 20.4 Å². The molecule has 44 heavy (non-hydrogen) atoms. The quantitative estimate of drug-likeness (QED) is 0.249. The lowest BCUT2D eigenvalue weighted by Crippen LogP contribution is -2.56. The molecule has 0 spiro atoms. The predicted molar refractivity (Wildman–Crippen MR) is 158 cm³/mol. The van der Waals surface area contributed by atoms with E-state index in [4.69, 9.17) is 16.3 Å². The van der Waals surface area contributed by atoms with Gasteiger partial charge in [0.15, 0.2) is 0 Å². The standard InChI is InChI=1S/C31H28ClF2N7O3/c32-24-7-2-1-6-23(24)27(29(43)38-19-15-31(33,34)16-19)40(20-4-3-5-22(14-20)44-21-8-9-21)28(36)25-10-11-26(42)41(25)30-37-13-12-18(17-35)39-30/h1-7,12-14,19,21,25,27,36H,8-11,15-16H2,(H,38,43)/t25-,27?/m0/s1. The van der Waals surface area contributed by atoms with Gasteiger partial charge in [-0.1, -0.05) is 35.9 Å². The molecule has 1 saturated heterocycles. The van der Waals surface area contributed by atoms with Crippen molar-refractivity contribution >= 4 is 40.9 Å². The summed E-state index contributed by atoms with van der Waals surface area (Å²) in [6.45, 7) is 0. The first-order valence-corrected chi connectivity index (χ1v) is 14.6. The van der Waals surface area contributed by atoms with Crippen LogP contribution < -0.4 is 19.9 Å². The monoisotopic (exact) mass is 619 g/mol. The Morgan fingerprint density at radius 3 is 2.66 bits per heavy atom. The molecule has 2 heterocycles. The molecule has 0 radical (unpaired) electrons. The summed E-state index contributed by atoms with van der Waals surface area (Å²) in [5.41, 5.74) is 0.792. The summed E-state index contributed by atoms with van der Waals surface area (Å²) >= 11 is 6.64. The summed E-state index contributed by atoms with van der Waals surface area (Å²) in [5.74, 6) is -3.50.